The number of carbonyl (C=O) groups excluding carboxylic acids is 1. The lowest BCUT2D eigenvalue weighted by Gasteiger charge is -2.39. The van der Waals surface area contributed by atoms with Crippen molar-refractivity contribution in [3.8, 4) is 0 Å². The first kappa shape index (κ1) is 18.4. The van der Waals surface area contributed by atoms with E-state index in [4.69, 9.17) is 0 Å². The van der Waals surface area contributed by atoms with Crippen LogP contribution < -0.4 is 5.32 Å². The van der Waals surface area contributed by atoms with Gasteiger partial charge < -0.3 is 15.1 Å². The van der Waals surface area contributed by atoms with Crippen molar-refractivity contribution in [1.29, 1.82) is 0 Å². The van der Waals surface area contributed by atoms with E-state index in [9.17, 15) is 4.79 Å². The summed E-state index contributed by atoms with van der Waals surface area (Å²) in [6.45, 7) is 4.40. The topological polar surface area (TPSA) is 35.6 Å². The average molecular weight is 394 g/mol. The number of amides is 1. The average Bonchev–Trinajstić information content (AvgIpc) is 3.54. The molecule has 5 fully saturated rings. The van der Waals surface area contributed by atoms with Gasteiger partial charge in [0.1, 0.15) is 0 Å². The standard InChI is InChI=1S/C25H35N3O/c29-24(28-17-21-14-23(28)16-26-21)25-10-4-7-20(25)13-22(15-25)27-11-8-19(9-12-27)18-5-2-1-3-6-18/h1-3,5-6,19-23,26H,4,7-17H2/t20-,21+,22-,23+,25-/m1/s1. The number of piperidine rings is 1. The van der Waals surface area contributed by atoms with Gasteiger partial charge in [-0.2, -0.15) is 0 Å². The molecule has 3 heterocycles. The summed E-state index contributed by atoms with van der Waals surface area (Å²) in [7, 11) is 0. The van der Waals surface area contributed by atoms with Crippen molar-refractivity contribution in [3.05, 3.63) is 35.9 Å². The highest BCUT2D eigenvalue weighted by atomic mass is 16.2. The second-order valence-corrected chi connectivity index (χ2v) is 10.5. The number of benzene rings is 1. The highest BCUT2D eigenvalue weighted by Gasteiger charge is 2.58. The van der Waals surface area contributed by atoms with Crippen molar-refractivity contribution < 1.29 is 4.79 Å². The third-order valence-electron chi connectivity index (χ3n) is 9.17. The van der Waals surface area contributed by atoms with Gasteiger partial charge in [-0.05, 0) is 75.4 Å². The molecule has 3 aliphatic heterocycles. The van der Waals surface area contributed by atoms with Crippen molar-refractivity contribution in [3.63, 3.8) is 0 Å². The van der Waals surface area contributed by atoms with Crippen LogP contribution in [-0.4, -0.2) is 60.0 Å². The molecule has 156 valence electrons. The summed E-state index contributed by atoms with van der Waals surface area (Å²) in [6, 6.07) is 12.7. The Bertz CT molecular complexity index is 759. The molecule has 3 saturated heterocycles. The number of fused-ring (bicyclic) bond motifs is 3. The Hall–Kier alpha value is -1.39. The van der Waals surface area contributed by atoms with E-state index in [1.165, 1.54) is 57.2 Å². The van der Waals surface area contributed by atoms with Crippen LogP contribution in [0.1, 0.15) is 62.8 Å². The van der Waals surface area contributed by atoms with E-state index in [-0.39, 0.29) is 5.41 Å². The normalized spacial score (nSPS) is 39.9. The summed E-state index contributed by atoms with van der Waals surface area (Å²) in [5.41, 5.74) is 1.49. The second kappa shape index (κ2) is 7.09. The summed E-state index contributed by atoms with van der Waals surface area (Å²) in [6.07, 6.45) is 9.82. The zero-order valence-electron chi connectivity index (χ0n) is 17.6. The molecule has 0 radical (unpaired) electrons. The first-order chi connectivity index (χ1) is 14.2. The third-order valence-corrected chi connectivity index (χ3v) is 9.17. The van der Waals surface area contributed by atoms with Gasteiger partial charge in [0.15, 0.2) is 0 Å². The van der Waals surface area contributed by atoms with Crippen LogP contribution >= 0.6 is 0 Å². The molecule has 1 aromatic rings. The molecule has 0 spiro atoms. The fraction of sp³-hybridized carbons (Fsp3) is 0.720. The van der Waals surface area contributed by atoms with Gasteiger partial charge in [0.05, 0.1) is 5.41 Å². The fourth-order valence-electron chi connectivity index (χ4n) is 7.65. The fourth-order valence-corrected chi connectivity index (χ4v) is 7.65. The molecule has 2 bridgehead atoms. The minimum atomic E-state index is -0.0224. The highest BCUT2D eigenvalue weighted by Crippen LogP contribution is 2.57. The van der Waals surface area contributed by atoms with Crippen molar-refractivity contribution in [2.45, 2.75) is 75.4 Å². The molecule has 0 unspecified atom stereocenters. The molecule has 5 aliphatic rings. The van der Waals surface area contributed by atoms with Crippen molar-refractivity contribution in [2.75, 3.05) is 26.2 Å². The molecule has 6 rings (SSSR count). The van der Waals surface area contributed by atoms with Gasteiger partial charge in [0, 0.05) is 31.2 Å². The zero-order chi connectivity index (χ0) is 19.4. The van der Waals surface area contributed by atoms with Gasteiger partial charge in [0.2, 0.25) is 5.91 Å². The molecule has 1 amide bonds. The molecule has 2 saturated carbocycles. The number of carbonyl (C=O) groups is 1. The molecule has 4 nitrogen and oxygen atoms in total. The van der Waals surface area contributed by atoms with E-state index in [1.807, 2.05) is 0 Å². The Morgan fingerprint density at radius 3 is 2.59 bits per heavy atom. The molecule has 4 heteroatoms. The highest BCUT2D eigenvalue weighted by molar-refractivity contribution is 5.85. The lowest BCUT2D eigenvalue weighted by Crippen LogP contribution is -2.52. The summed E-state index contributed by atoms with van der Waals surface area (Å²) < 4.78 is 0. The molecule has 1 aromatic carbocycles. The van der Waals surface area contributed by atoms with Gasteiger partial charge >= 0.3 is 0 Å². The van der Waals surface area contributed by atoms with Gasteiger partial charge in [-0.15, -0.1) is 0 Å². The van der Waals surface area contributed by atoms with Crippen LogP contribution in [0.4, 0.5) is 0 Å². The SMILES string of the molecule is O=C(N1C[C@@H]2C[C@H]1CN2)[C@@]12CCC[C@@H]1C[C@@H](N1CCC(c3ccccc3)CC1)C2. The Morgan fingerprint density at radius 2 is 1.86 bits per heavy atom. The number of hydrogen-bond acceptors (Lipinski definition) is 3. The number of nitrogens with zero attached hydrogens (tertiary/aromatic N) is 2. The van der Waals surface area contributed by atoms with Crippen LogP contribution in [0, 0.1) is 11.3 Å². The van der Waals surface area contributed by atoms with Gasteiger partial charge in [-0.25, -0.2) is 0 Å². The molecule has 5 atom stereocenters. The quantitative estimate of drug-likeness (QED) is 0.855. The minimum Gasteiger partial charge on any atom is -0.336 e. The Kier molecular flexibility index (Phi) is 4.50. The van der Waals surface area contributed by atoms with Crippen LogP contribution in [0.5, 0.6) is 0 Å². The van der Waals surface area contributed by atoms with Crippen molar-refractivity contribution >= 4 is 5.91 Å². The van der Waals surface area contributed by atoms with E-state index < -0.39 is 0 Å². The summed E-state index contributed by atoms with van der Waals surface area (Å²) in [5.74, 6) is 1.89. The minimum absolute atomic E-state index is 0.0224. The van der Waals surface area contributed by atoms with E-state index >= 15 is 0 Å². The molecule has 29 heavy (non-hydrogen) atoms. The van der Waals surface area contributed by atoms with Crippen LogP contribution in [0.2, 0.25) is 0 Å². The molecular formula is C25H35N3O. The second-order valence-electron chi connectivity index (χ2n) is 10.5. The van der Waals surface area contributed by atoms with E-state index in [1.54, 1.807) is 0 Å². The maximum absolute atomic E-state index is 13.8. The summed E-state index contributed by atoms with van der Waals surface area (Å²) in [4.78, 5) is 18.8. The van der Waals surface area contributed by atoms with Crippen molar-refractivity contribution in [1.82, 2.24) is 15.1 Å². The van der Waals surface area contributed by atoms with Crippen LogP contribution in [0.3, 0.4) is 0 Å². The number of likely N-dealkylation sites (tertiary alicyclic amines) is 2. The first-order valence-electron chi connectivity index (χ1n) is 12.1. The van der Waals surface area contributed by atoms with E-state index in [0.717, 1.165) is 31.8 Å². The largest absolute Gasteiger partial charge is 0.336 e. The molecule has 1 N–H and O–H groups in total. The molecular weight excluding hydrogens is 358 g/mol. The van der Waals surface area contributed by atoms with Crippen LogP contribution in [-0.2, 0) is 4.79 Å². The van der Waals surface area contributed by atoms with Crippen LogP contribution in [0.15, 0.2) is 30.3 Å². The number of nitrogens with one attached hydrogen (secondary N) is 1. The third kappa shape index (κ3) is 2.97. The predicted octanol–water partition coefficient (Wildman–Crippen LogP) is 3.39. The Balaban J connectivity index is 1.13. The monoisotopic (exact) mass is 393 g/mol. The van der Waals surface area contributed by atoms with Gasteiger partial charge in [-0.3, -0.25) is 4.79 Å². The number of piperazine rings is 1. The van der Waals surface area contributed by atoms with E-state index in [2.05, 4.69) is 45.4 Å². The lowest BCUT2D eigenvalue weighted by atomic mass is 9.78. The Morgan fingerprint density at radius 1 is 1.03 bits per heavy atom. The first-order valence-corrected chi connectivity index (χ1v) is 12.1. The number of rotatable bonds is 3. The maximum atomic E-state index is 13.8. The van der Waals surface area contributed by atoms with Crippen LogP contribution in [0.25, 0.3) is 0 Å². The predicted molar refractivity (Wildman–Crippen MR) is 115 cm³/mol. The number of hydrogen-bond donors (Lipinski definition) is 1. The zero-order valence-corrected chi connectivity index (χ0v) is 17.6. The molecule has 0 aromatic heterocycles. The molecule has 2 aliphatic carbocycles. The van der Waals surface area contributed by atoms with Gasteiger partial charge in [-0.1, -0.05) is 36.8 Å². The maximum Gasteiger partial charge on any atom is 0.229 e. The Labute approximate surface area is 175 Å². The van der Waals surface area contributed by atoms with Gasteiger partial charge in [0.25, 0.3) is 0 Å². The summed E-state index contributed by atoms with van der Waals surface area (Å²) >= 11 is 0. The smallest absolute Gasteiger partial charge is 0.229 e. The lowest BCUT2D eigenvalue weighted by molar-refractivity contribution is -0.145. The summed E-state index contributed by atoms with van der Waals surface area (Å²) in [5, 5.41) is 3.56. The van der Waals surface area contributed by atoms with Crippen molar-refractivity contribution in [2.24, 2.45) is 11.3 Å². The van der Waals surface area contributed by atoms with E-state index in [0.29, 0.717) is 30.0 Å².